The molecule has 0 aliphatic rings. The molecule has 0 saturated heterocycles. The van der Waals surface area contributed by atoms with Crippen LogP contribution in [-0.2, 0) is 122 Å². The zero-order chi connectivity index (χ0) is 109. The molecule has 2 N–H and O–H groups in total. The number of unbranched alkanes of at least 4 members (excludes halogenated alkanes) is 1. The molecule has 9 heterocycles. The Morgan fingerprint density at radius 1 is 0.416 bits per heavy atom. The van der Waals surface area contributed by atoms with E-state index in [4.69, 9.17) is 17.7 Å². The highest BCUT2D eigenvalue weighted by Gasteiger charge is 2.43. The van der Waals surface area contributed by atoms with Gasteiger partial charge in [-0.2, -0.15) is 27.5 Å². The third-order valence-electron chi connectivity index (χ3n) is 24.1. The highest BCUT2D eigenvalue weighted by molar-refractivity contribution is 7.90. The van der Waals surface area contributed by atoms with Gasteiger partial charge in [-0.3, -0.25) is 28.8 Å². The molecule has 14 rings (SSSR count). The van der Waals surface area contributed by atoms with Gasteiger partial charge in [0.05, 0.1) is 128 Å². The lowest BCUT2D eigenvalue weighted by molar-refractivity contribution is -0.137. The predicted molar refractivity (Wildman–Crippen MR) is 585 cm³/mol. The smallest absolute Gasteiger partial charge is 0.244 e. The molecular weight excluding hydrogens is 2050 g/mol. The van der Waals surface area contributed by atoms with Gasteiger partial charge in [-0.15, -0.1) is 34.0 Å². The van der Waals surface area contributed by atoms with Gasteiger partial charge in [0.1, 0.15) is 46.5 Å². The first-order chi connectivity index (χ1) is 70.4. The number of sulfonamides is 5. The summed E-state index contributed by atoms with van der Waals surface area (Å²) in [6, 6.07) is 33.4. The van der Waals surface area contributed by atoms with Gasteiger partial charge >= 0.3 is 0 Å². The van der Waals surface area contributed by atoms with Gasteiger partial charge in [-0.1, -0.05) is 148 Å². The molecule has 9 aromatic heterocycles. The van der Waals surface area contributed by atoms with E-state index in [9.17, 15) is 61.3 Å². The fraction of sp³-hybridized carbons (Fsp3) is 0.467. The number of hydrogen-bond donors (Lipinski definition) is 2. The van der Waals surface area contributed by atoms with Gasteiger partial charge < -0.3 is 41.8 Å². The molecule has 0 fully saturated rings. The topological polar surface area (TPSA) is 413 Å². The van der Waals surface area contributed by atoms with Crippen LogP contribution < -0.4 is 9.44 Å². The van der Waals surface area contributed by atoms with Crippen molar-refractivity contribution in [2.24, 2.45) is 61.4 Å². The highest BCUT2D eigenvalue weighted by atomic mass is 32.2. The lowest BCUT2D eigenvalue weighted by atomic mass is 10.0. The Balaban J connectivity index is 0.000000189. The number of aryl methyl sites for hydroxylation is 3. The molecule has 34 nitrogen and oxygen atoms in total. The first-order valence-electron chi connectivity index (χ1n) is 50.1. The van der Waals surface area contributed by atoms with E-state index >= 15 is 0 Å². The Labute approximate surface area is 889 Å². The van der Waals surface area contributed by atoms with E-state index in [-0.39, 0.29) is 136 Å². The van der Waals surface area contributed by atoms with E-state index in [0.717, 1.165) is 33.8 Å². The fourth-order valence-electron chi connectivity index (χ4n) is 17.5. The Bertz CT molecular complexity index is 7230. The number of benzene rings is 5. The molecular formula is C107H144N16O18S8. The summed E-state index contributed by atoms with van der Waals surface area (Å²) in [6.45, 7) is 39.1. The number of fused-ring (bicyclic) bond motifs is 4. The summed E-state index contributed by atoms with van der Waals surface area (Å²) in [7, 11) is -16.0. The van der Waals surface area contributed by atoms with Crippen LogP contribution in [0.3, 0.4) is 0 Å². The van der Waals surface area contributed by atoms with Crippen molar-refractivity contribution in [1.82, 2.24) is 76.2 Å². The number of nitrogens with zero attached hydrogens (tertiary/aromatic N) is 14. The summed E-state index contributed by atoms with van der Waals surface area (Å²) in [4.78, 5) is 81.0. The predicted octanol–water partition coefficient (Wildman–Crippen LogP) is 18.6. The summed E-state index contributed by atoms with van der Waals surface area (Å²) in [5.41, 5.74) is 12.0. The van der Waals surface area contributed by atoms with Crippen molar-refractivity contribution in [3.05, 3.63) is 243 Å². The summed E-state index contributed by atoms with van der Waals surface area (Å²) in [6.07, 6.45) is 14.1. The van der Waals surface area contributed by atoms with Gasteiger partial charge in [0, 0.05) is 122 Å². The van der Waals surface area contributed by atoms with E-state index in [2.05, 4.69) is 89.9 Å². The average molecular weight is 2200 g/mol. The molecule has 0 saturated carbocycles. The SMILES string of the molecule is CC(C)CN(CC(C)C)C(=O)[C@H](CCCCN(Cc1cncn1C)S(C)(=O)=O)NS(=O)(=O)c1ccc2occc2c1.CC(C)CN(Cc1cscn1)C(=O)[C@H](Cc1cscn1)NS(=O)(=O)c1ccc2occc2c1.CC(C)C[C@@H](C(=O)N(CC(C)C)CC(C)C)N(Cc1cncs1)S(=O)(=O)c1ccc2occc2c1.Cc1cc(CN([C@@H](Cc2ccccc2)C(=O)N(CC(C)C)CC(C)C)S(=O)(=O)c2ccc3occc3c2)n(C)n1. The number of amides is 4. The first kappa shape index (κ1) is 118. The summed E-state index contributed by atoms with van der Waals surface area (Å²) < 4.78 is 170. The van der Waals surface area contributed by atoms with E-state index in [1.54, 1.807) is 141 Å². The third-order valence-corrected chi connectivity index (χ3v) is 34.0. The number of rotatable bonds is 50. The van der Waals surface area contributed by atoms with Crippen molar-refractivity contribution in [3.63, 3.8) is 0 Å². The minimum absolute atomic E-state index is 0.00351. The molecule has 0 spiro atoms. The van der Waals surface area contributed by atoms with Crippen LogP contribution in [0.4, 0.5) is 0 Å². The summed E-state index contributed by atoms with van der Waals surface area (Å²) in [5, 5.41) is 10.9. The second kappa shape index (κ2) is 53.8. The van der Waals surface area contributed by atoms with Crippen molar-refractivity contribution in [3.8, 4) is 0 Å². The van der Waals surface area contributed by atoms with Gasteiger partial charge in [0.15, 0.2) is 0 Å². The molecule has 808 valence electrons. The normalized spacial score (nSPS) is 13.2. The van der Waals surface area contributed by atoms with Gasteiger partial charge in [-0.05, 0) is 189 Å². The summed E-state index contributed by atoms with van der Waals surface area (Å²) >= 11 is 4.24. The second-order valence-corrected chi connectivity index (χ2v) is 52.7. The van der Waals surface area contributed by atoms with Crippen LogP contribution in [-0.4, -0.2) is 215 Å². The second-order valence-electron chi connectivity index (χ2n) is 41.1. The van der Waals surface area contributed by atoms with Crippen molar-refractivity contribution in [2.75, 3.05) is 58.6 Å². The molecule has 0 radical (unpaired) electrons. The largest absolute Gasteiger partial charge is 0.464 e. The van der Waals surface area contributed by atoms with Crippen LogP contribution in [0.25, 0.3) is 43.9 Å². The third kappa shape index (κ3) is 34.0. The van der Waals surface area contributed by atoms with Crippen molar-refractivity contribution in [1.29, 1.82) is 0 Å². The van der Waals surface area contributed by atoms with Crippen LogP contribution in [0.2, 0.25) is 0 Å². The number of thiazole rings is 3. The molecule has 0 aliphatic heterocycles. The number of imidazole rings is 1. The van der Waals surface area contributed by atoms with Crippen molar-refractivity contribution in [2.45, 2.75) is 226 Å². The molecule has 0 aliphatic carbocycles. The first-order valence-corrected chi connectivity index (χ1v) is 60.6. The van der Waals surface area contributed by atoms with Crippen LogP contribution in [0.5, 0.6) is 0 Å². The van der Waals surface area contributed by atoms with Crippen LogP contribution >= 0.6 is 34.0 Å². The van der Waals surface area contributed by atoms with Crippen LogP contribution in [0.15, 0.2) is 242 Å². The number of aromatic nitrogens is 7. The minimum Gasteiger partial charge on any atom is -0.464 e. The molecule has 4 amide bonds. The maximum atomic E-state index is 14.5. The number of carbonyl (C=O) groups excluding carboxylic acids is 4. The van der Waals surface area contributed by atoms with Crippen LogP contribution in [0, 0.1) is 54.3 Å². The standard InChI is InChI=1S/C31H40N4O4S.C28H43N5O6S2.C26H37N3O4S2.C22H24N4O4S3/c1-22(2)19-34(20-23(3)4)31(36)29(17-25-10-8-7-9-11-25)35(21-27-16-24(5)32-33(27)6)40(37,38)28-12-13-30-26(18-28)14-15-39-30;1-21(2)17-32(18-22(3)4)28(34)26(30-41(37,38)25-10-11-27-23(15-25)12-14-39-27)9-7-8-13-33(40(6,35)36)19-24-16-29-20-31(24)5;1-18(2)11-24(26(30)28(14-19(3)4)15-20(5)6)29(16-22-13-27-17-34-22)35(31,32)23-7-8-25-21(12-23)9-10-33-25;1-15(2)9-26(10-18-12-32-14-24-18)22(27)20(8-17-11-31-13-23-17)25-33(28,29)19-3-4-21-16(7-19)5-6-30-21/h7-16,18,22-23,29H,17,19-21H2,1-6H3;10-12,14-16,20-22,26,30H,7-9,13,17-19H2,1-6H3;7-10,12-13,17-20,24H,11,14-16H2,1-6H3;3-7,11-15,20,25H,8-10H2,1-2H3/t29-;26-;24-;20-/m0000/s1. The quantitative estimate of drug-likeness (QED) is 0.0334. The van der Waals surface area contributed by atoms with Crippen molar-refractivity contribution >= 4 is 152 Å². The lowest BCUT2D eigenvalue weighted by Crippen LogP contribution is -2.53. The Morgan fingerprint density at radius 3 is 1.25 bits per heavy atom. The number of carbonyl (C=O) groups is 4. The van der Waals surface area contributed by atoms with Gasteiger partial charge in [0.2, 0.25) is 73.7 Å². The molecule has 149 heavy (non-hydrogen) atoms. The maximum absolute atomic E-state index is 14.5. The Morgan fingerprint density at radius 2 is 0.839 bits per heavy atom. The van der Waals surface area contributed by atoms with Gasteiger partial charge in [-0.25, -0.2) is 57.0 Å². The molecule has 5 aromatic carbocycles. The van der Waals surface area contributed by atoms with E-state index < -0.39 is 74.3 Å². The Hall–Kier alpha value is -11.0. The molecule has 0 bridgehead atoms. The lowest BCUT2D eigenvalue weighted by Gasteiger charge is -2.36. The highest BCUT2D eigenvalue weighted by Crippen LogP contribution is 2.34. The summed E-state index contributed by atoms with van der Waals surface area (Å²) in [5.74, 6) is 0.806. The number of furan rings is 4. The van der Waals surface area contributed by atoms with E-state index in [0.29, 0.717) is 127 Å². The Kier molecular flexibility index (Phi) is 42.7. The number of nitrogens with one attached hydrogen (secondary N) is 2. The maximum Gasteiger partial charge on any atom is 0.244 e. The molecule has 14 aromatic rings. The van der Waals surface area contributed by atoms with Gasteiger partial charge in [0.25, 0.3) is 0 Å². The molecule has 4 atom stereocenters. The molecule has 42 heteroatoms. The minimum atomic E-state index is -4.13. The zero-order valence-electron chi connectivity index (χ0n) is 88.7. The monoisotopic (exact) mass is 2200 g/mol. The van der Waals surface area contributed by atoms with Crippen molar-refractivity contribution < 1.29 is 78.9 Å². The fourth-order valence-corrected chi connectivity index (χ4v) is 25.8. The average Bonchev–Trinajstić information content (AvgIpc) is 1.75. The van der Waals surface area contributed by atoms with E-state index in [1.807, 2.05) is 119 Å². The number of hydrogen-bond acceptors (Lipinski definition) is 26. The van der Waals surface area contributed by atoms with E-state index in [1.165, 1.54) is 96.2 Å². The van der Waals surface area contributed by atoms with Crippen LogP contribution in [0.1, 0.15) is 175 Å². The zero-order valence-corrected chi connectivity index (χ0v) is 95.2. The molecule has 0 unspecified atom stereocenters.